The molecule has 0 aliphatic heterocycles. The minimum atomic E-state index is -1.02. The summed E-state index contributed by atoms with van der Waals surface area (Å²) in [6, 6.07) is 6.43. The van der Waals surface area contributed by atoms with Crippen molar-refractivity contribution in [3.8, 4) is 0 Å². The van der Waals surface area contributed by atoms with E-state index in [1.54, 1.807) is 24.3 Å². The van der Waals surface area contributed by atoms with Gasteiger partial charge in [0.25, 0.3) is 0 Å². The fourth-order valence-corrected chi connectivity index (χ4v) is 1.39. The van der Waals surface area contributed by atoms with E-state index in [-0.39, 0.29) is 24.4 Å². The van der Waals surface area contributed by atoms with E-state index < -0.39 is 5.97 Å². The van der Waals surface area contributed by atoms with Crippen molar-refractivity contribution in [3.63, 3.8) is 0 Å². The Balaban J connectivity index is 2.90. The first-order valence-corrected chi connectivity index (χ1v) is 4.87. The number of hydrogen-bond donors (Lipinski definition) is 1. The molecule has 0 amide bonds. The normalized spacial score (nSPS) is 9.81. The van der Waals surface area contributed by atoms with Crippen LogP contribution >= 0.6 is 0 Å². The average Bonchev–Trinajstić information content (AvgIpc) is 2.25. The fraction of sp³-hybridized carbons (Fsp3) is 0.250. The van der Waals surface area contributed by atoms with Gasteiger partial charge >= 0.3 is 5.97 Å². The van der Waals surface area contributed by atoms with Crippen molar-refractivity contribution in [1.29, 1.82) is 0 Å². The largest absolute Gasteiger partial charge is 0.481 e. The third-order valence-corrected chi connectivity index (χ3v) is 2.17. The van der Waals surface area contributed by atoms with Crippen LogP contribution in [0.25, 0.3) is 0 Å². The lowest BCUT2D eigenvalue weighted by molar-refractivity contribution is -0.136. The van der Waals surface area contributed by atoms with Crippen LogP contribution in [-0.4, -0.2) is 22.6 Å². The quantitative estimate of drug-likeness (QED) is 0.769. The molecule has 0 aliphatic carbocycles. The summed E-state index contributed by atoms with van der Waals surface area (Å²) in [6.45, 7) is 1.38. The predicted molar refractivity (Wildman–Crippen MR) is 57.6 cm³/mol. The number of ketones is 2. The van der Waals surface area contributed by atoms with Gasteiger partial charge in [-0.1, -0.05) is 24.3 Å². The van der Waals surface area contributed by atoms with Gasteiger partial charge in [0.2, 0.25) is 0 Å². The van der Waals surface area contributed by atoms with Gasteiger partial charge in [0.1, 0.15) is 0 Å². The van der Waals surface area contributed by atoms with Gasteiger partial charge in [-0.3, -0.25) is 14.4 Å². The summed E-state index contributed by atoms with van der Waals surface area (Å²) in [5.74, 6) is -1.53. The van der Waals surface area contributed by atoms with Gasteiger partial charge in [0, 0.05) is 17.5 Å². The van der Waals surface area contributed by atoms with E-state index >= 15 is 0 Å². The van der Waals surface area contributed by atoms with Gasteiger partial charge < -0.3 is 5.11 Å². The number of carbonyl (C=O) groups is 3. The Labute approximate surface area is 92.9 Å². The van der Waals surface area contributed by atoms with Crippen molar-refractivity contribution >= 4 is 17.5 Å². The number of carboxylic acids is 1. The summed E-state index contributed by atoms with van der Waals surface area (Å²) in [5.41, 5.74) is 0.647. The van der Waals surface area contributed by atoms with E-state index in [1.807, 2.05) is 0 Å². The van der Waals surface area contributed by atoms with Gasteiger partial charge in [-0.25, -0.2) is 0 Å². The molecule has 0 unspecified atom stereocenters. The van der Waals surface area contributed by atoms with Gasteiger partial charge in [-0.2, -0.15) is 0 Å². The number of carboxylic acid groups (broad SMARTS) is 1. The van der Waals surface area contributed by atoms with Crippen LogP contribution in [0.4, 0.5) is 0 Å². The maximum Gasteiger partial charge on any atom is 0.303 e. The molecule has 0 aromatic heterocycles. The zero-order valence-corrected chi connectivity index (χ0v) is 8.90. The first-order chi connectivity index (χ1) is 7.52. The molecular weight excluding hydrogens is 208 g/mol. The van der Waals surface area contributed by atoms with Gasteiger partial charge in [-0.15, -0.1) is 0 Å². The van der Waals surface area contributed by atoms with Crippen molar-refractivity contribution in [2.24, 2.45) is 0 Å². The molecule has 4 heteroatoms. The van der Waals surface area contributed by atoms with Crippen LogP contribution in [0.2, 0.25) is 0 Å². The first kappa shape index (κ1) is 12.1. The van der Waals surface area contributed by atoms with Gasteiger partial charge in [0.05, 0.1) is 6.42 Å². The van der Waals surface area contributed by atoms with E-state index in [4.69, 9.17) is 5.11 Å². The molecule has 0 aliphatic rings. The van der Waals surface area contributed by atoms with E-state index in [2.05, 4.69) is 0 Å². The number of carbonyl (C=O) groups excluding carboxylic acids is 2. The van der Waals surface area contributed by atoms with Crippen LogP contribution in [0.15, 0.2) is 24.3 Å². The molecule has 0 bridgehead atoms. The number of benzene rings is 1. The molecule has 0 fully saturated rings. The van der Waals surface area contributed by atoms with Crippen LogP contribution in [0.1, 0.15) is 40.5 Å². The second kappa shape index (κ2) is 5.21. The van der Waals surface area contributed by atoms with Crippen LogP contribution in [0, 0.1) is 0 Å². The number of aliphatic carboxylic acids is 1. The monoisotopic (exact) mass is 220 g/mol. The molecule has 0 atom stereocenters. The predicted octanol–water partition coefficient (Wildman–Crippen LogP) is 1.94. The Bertz CT molecular complexity index is 434. The molecule has 0 saturated carbocycles. The van der Waals surface area contributed by atoms with Crippen molar-refractivity contribution in [2.75, 3.05) is 0 Å². The highest BCUT2D eigenvalue weighted by atomic mass is 16.4. The lowest BCUT2D eigenvalue weighted by Gasteiger charge is -2.04. The Morgan fingerprint density at radius 1 is 1.06 bits per heavy atom. The molecule has 4 nitrogen and oxygen atoms in total. The minimum absolute atomic E-state index is 0.0837. The Kier molecular flexibility index (Phi) is 3.94. The van der Waals surface area contributed by atoms with Crippen molar-refractivity contribution in [3.05, 3.63) is 35.4 Å². The Morgan fingerprint density at radius 2 is 1.62 bits per heavy atom. The lowest BCUT2D eigenvalue weighted by atomic mass is 9.98. The molecule has 84 valence electrons. The number of hydrogen-bond acceptors (Lipinski definition) is 3. The van der Waals surface area contributed by atoms with E-state index in [1.165, 1.54) is 6.92 Å². The highest BCUT2D eigenvalue weighted by molar-refractivity contribution is 6.08. The van der Waals surface area contributed by atoms with E-state index in [9.17, 15) is 14.4 Å². The van der Waals surface area contributed by atoms with Crippen LogP contribution < -0.4 is 0 Å². The molecule has 16 heavy (non-hydrogen) atoms. The molecule has 0 radical (unpaired) electrons. The minimum Gasteiger partial charge on any atom is -0.481 e. The molecule has 0 saturated heterocycles. The smallest absolute Gasteiger partial charge is 0.303 e. The van der Waals surface area contributed by atoms with Crippen molar-refractivity contribution in [2.45, 2.75) is 19.8 Å². The molecule has 1 N–H and O–H groups in total. The average molecular weight is 220 g/mol. The van der Waals surface area contributed by atoms with Gasteiger partial charge in [0.15, 0.2) is 11.6 Å². The molecule has 0 heterocycles. The molecule has 1 aromatic carbocycles. The summed E-state index contributed by atoms with van der Waals surface area (Å²) in [5, 5.41) is 8.47. The zero-order chi connectivity index (χ0) is 12.1. The standard InChI is InChI=1S/C12H12O4/c1-8(13)9-4-2-3-5-10(9)11(14)6-7-12(15)16/h2-5H,6-7H2,1H3,(H,15,16). The first-order valence-electron chi connectivity index (χ1n) is 4.87. The highest BCUT2D eigenvalue weighted by Crippen LogP contribution is 2.12. The SMILES string of the molecule is CC(=O)c1ccccc1C(=O)CCC(=O)O. The second-order valence-corrected chi connectivity index (χ2v) is 3.42. The second-order valence-electron chi connectivity index (χ2n) is 3.42. The molecule has 1 aromatic rings. The molecule has 0 spiro atoms. The summed E-state index contributed by atoms with van der Waals surface area (Å²) in [4.78, 5) is 33.2. The molecular formula is C12H12O4. The van der Waals surface area contributed by atoms with Gasteiger partial charge in [-0.05, 0) is 6.92 Å². The summed E-state index contributed by atoms with van der Waals surface area (Å²) < 4.78 is 0. The number of Topliss-reactive ketones (excluding diaryl/α,β-unsaturated/α-hetero) is 2. The summed E-state index contributed by atoms with van der Waals surface area (Å²) >= 11 is 0. The van der Waals surface area contributed by atoms with Crippen LogP contribution in [0.3, 0.4) is 0 Å². The topological polar surface area (TPSA) is 71.4 Å². The maximum absolute atomic E-state index is 11.7. The molecule has 1 rings (SSSR count). The summed E-state index contributed by atoms with van der Waals surface area (Å²) in [6.07, 6.45) is -0.301. The van der Waals surface area contributed by atoms with Crippen LogP contribution in [0.5, 0.6) is 0 Å². The number of rotatable bonds is 5. The third kappa shape index (κ3) is 3.02. The zero-order valence-electron chi connectivity index (χ0n) is 8.90. The van der Waals surface area contributed by atoms with Crippen molar-refractivity contribution < 1.29 is 19.5 Å². The lowest BCUT2D eigenvalue weighted by Crippen LogP contribution is -2.08. The highest BCUT2D eigenvalue weighted by Gasteiger charge is 2.14. The Hall–Kier alpha value is -1.97. The van der Waals surface area contributed by atoms with E-state index in [0.717, 1.165) is 0 Å². The van der Waals surface area contributed by atoms with Crippen LogP contribution in [-0.2, 0) is 4.79 Å². The van der Waals surface area contributed by atoms with E-state index in [0.29, 0.717) is 11.1 Å². The Morgan fingerprint density at radius 3 is 2.12 bits per heavy atom. The van der Waals surface area contributed by atoms with Crippen molar-refractivity contribution in [1.82, 2.24) is 0 Å². The third-order valence-electron chi connectivity index (χ3n) is 2.17. The summed E-state index contributed by atoms with van der Waals surface area (Å²) in [7, 11) is 0. The maximum atomic E-state index is 11.7. The fourth-order valence-electron chi connectivity index (χ4n) is 1.39.